The molecule has 0 amide bonds. The van der Waals surface area contributed by atoms with Crippen LogP contribution in [-0.4, -0.2) is 55.6 Å². The lowest BCUT2D eigenvalue weighted by Crippen LogP contribution is -2.41. The molecule has 130 valence electrons. The lowest BCUT2D eigenvalue weighted by atomic mass is 9.97. The van der Waals surface area contributed by atoms with Gasteiger partial charge < -0.3 is 19.5 Å². The molecule has 1 fully saturated rings. The number of β-amino-alcohol motifs (C(OH)–C–C–N with tert-alkyl or cyclic N) is 1. The average Bonchev–Trinajstić information content (AvgIpc) is 2.51. The van der Waals surface area contributed by atoms with E-state index in [1.807, 2.05) is 19.1 Å². The number of likely N-dealkylation sites (tertiary alicyclic amines) is 1. The maximum Gasteiger partial charge on any atom is 0.119 e. The first-order chi connectivity index (χ1) is 11.1. The van der Waals surface area contributed by atoms with Gasteiger partial charge in [0.05, 0.1) is 0 Å². The van der Waals surface area contributed by atoms with Crippen molar-refractivity contribution in [1.82, 2.24) is 4.90 Å². The van der Waals surface area contributed by atoms with Crippen molar-refractivity contribution >= 4 is 0 Å². The molecule has 0 aromatic heterocycles. The molecule has 0 radical (unpaired) electrons. The van der Waals surface area contributed by atoms with Crippen LogP contribution < -0.4 is 4.74 Å². The van der Waals surface area contributed by atoms with Gasteiger partial charge in [-0.3, -0.25) is 0 Å². The summed E-state index contributed by atoms with van der Waals surface area (Å²) in [6.07, 6.45) is 1.87. The Hall–Kier alpha value is -1.10. The lowest BCUT2D eigenvalue weighted by molar-refractivity contribution is 0.0379. The van der Waals surface area contributed by atoms with Gasteiger partial charge in [0, 0.05) is 19.8 Å². The standard InChI is InChI=1S/C19H31NO3/c1-4-22-13-17-5-7-20(8-6-17)12-18(21)14-23-19-10-15(2)9-16(3)11-19/h9-11,17-18,21H,4-8,12-14H2,1-3H3. The highest BCUT2D eigenvalue weighted by atomic mass is 16.5. The van der Waals surface area contributed by atoms with Gasteiger partial charge in [0.2, 0.25) is 0 Å². The molecule has 4 nitrogen and oxygen atoms in total. The minimum absolute atomic E-state index is 0.349. The molecule has 0 saturated carbocycles. The summed E-state index contributed by atoms with van der Waals surface area (Å²) in [6, 6.07) is 6.15. The zero-order valence-electron chi connectivity index (χ0n) is 14.8. The van der Waals surface area contributed by atoms with Gasteiger partial charge in [-0.25, -0.2) is 0 Å². The first-order valence-electron chi connectivity index (χ1n) is 8.76. The van der Waals surface area contributed by atoms with E-state index in [1.165, 1.54) is 11.1 Å². The Labute approximate surface area is 140 Å². The van der Waals surface area contributed by atoms with Crippen molar-refractivity contribution in [2.24, 2.45) is 5.92 Å². The predicted octanol–water partition coefficient (Wildman–Crippen LogP) is 2.79. The second-order valence-corrected chi connectivity index (χ2v) is 6.69. The van der Waals surface area contributed by atoms with Gasteiger partial charge in [0.15, 0.2) is 0 Å². The van der Waals surface area contributed by atoms with E-state index in [2.05, 4.69) is 24.8 Å². The number of ether oxygens (including phenoxy) is 2. The summed E-state index contributed by atoms with van der Waals surface area (Å²) < 4.78 is 11.3. The number of piperidine rings is 1. The fraction of sp³-hybridized carbons (Fsp3) is 0.684. The van der Waals surface area contributed by atoms with Gasteiger partial charge in [0.1, 0.15) is 18.5 Å². The van der Waals surface area contributed by atoms with Crippen LogP contribution in [0.25, 0.3) is 0 Å². The third-order valence-electron chi connectivity index (χ3n) is 4.37. The van der Waals surface area contributed by atoms with E-state index in [0.717, 1.165) is 44.9 Å². The van der Waals surface area contributed by atoms with E-state index in [4.69, 9.17) is 9.47 Å². The van der Waals surface area contributed by atoms with Gasteiger partial charge in [-0.15, -0.1) is 0 Å². The van der Waals surface area contributed by atoms with Gasteiger partial charge in [-0.1, -0.05) is 6.07 Å². The highest BCUT2D eigenvalue weighted by Gasteiger charge is 2.21. The Morgan fingerprint density at radius 3 is 2.43 bits per heavy atom. The van der Waals surface area contributed by atoms with E-state index in [9.17, 15) is 5.11 Å². The van der Waals surface area contributed by atoms with Crippen molar-refractivity contribution in [3.05, 3.63) is 29.3 Å². The van der Waals surface area contributed by atoms with Crippen LogP contribution in [-0.2, 0) is 4.74 Å². The molecule has 1 aliphatic heterocycles. The summed E-state index contributed by atoms with van der Waals surface area (Å²) in [6.45, 7) is 11.0. The summed E-state index contributed by atoms with van der Waals surface area (Å²) >= 11 is 0. The lowest BCUT2D eigenvalue weighted by Gasteiger charge is -2.32. The molecular weight excluding hydrogens is 290 g/mol. The van der Waals surface area contributed by atoms with Crippen LogP contribution in [0, 0.1) is 19.8 Å². The minimum atomic E-state index is -0.445. The number of benzene rings is 1. The molecule has 2 rings (SSSR count). The molecule has 0 aliphatic carbocycles. The largest absolute Gasteiger partial charge is 0.491 e. The van der Waals surface area contributed by atoms with Gasteiger partial charge in [-0.2, -0.15) is 0 Å². The summed E-state index contributed by atoms with van der Waals surface area (Å²) in [4.78, 5) is 2.33. The number of aliphatic hydroxyl groups is 1. The molecule has 1 heterocycles. The second kappa shape index (κ2) is 9.26. The maximum absolute atomic E-state index is 10.2. The number of rotatable bonds is 8. The Morgan fingerprint density at radius 1 is 1.17 bits per heavy atom. The minimum Gasteiger partial charge on any atom is -0.491 e. The SMILES string of the molecule is CCOCC1CCN(CC(O)COc2cc(C)cc(C)c2)CC1. The Kier molecular flexibility index (Phi) is 7.34. The van der Waals surface area contributed by atoms with E-state index in [1.54, 1.807) is 0 Å². The van der Waals surface area contributed by atoms with Crippen molar-refractivity contribution in [2.75, 3.05) is 39.5 Å². The van der Waals surface area contributed by atoms with Gasteiger partial charge >= 0.3 is 0 Å². The Bertz CT molecular complexity index is 449. The number of hydrogen-bond donors (Lipinski definition) is 1. The van der Waals surface area contributed by atoms with Crippen LogP contribution in [0.3, 0.4) is 0 Å². The summed E-state index contributed by atoms with van der Waals surface area (Å²) in [5.74, 6) is 1.52. The van der Waals surface area contributed by atoms with Crippen molar-refractivity contribution in [1.29, 1.82) is 0 Å². The molecule has 1 atom stereocenters. The average molecular weight is 321 g/mol. The van der Waals surface area contributed by atoms with Crippen LogP contribution in [0.15, 0.2) is 18.2 Å². The van der Waals surface area contributed by atoms with Crippen LogP contribution in [0.5, 0.6) is 5.75 Å². The third-order valence-corrected chi connectivity index (χ3v) is 4.37. The van der Waals surface area contributed by atoms with Crippen molar-refractivity contribution in [3.63, 3.8) is 0 Å². The van der Waals surface area contributed by atoms with Crippen LogP contribution in [0.2, 0.25) is 0 Å². The molecule has 1 aromatic rings. The maximum atomic E-state index is 10.2. The zero-order valence-corrected chi connectivity index (χ0v) is 14.8. The molecule has 0 spiro atoms. The topological polar surface area (TPSA) is 41.9 Å². The highest BCUT2D eigenvalue weighted by molar-refractivity contribution is 5.32. The Morgan fingerprint density at radius 2 is 1.83 bits per heavy atom. The van der Waals surface area contributed by atoms with E-state index < -0.39 is 6.10 Å². The normalized spacial score (nSPS) is 18.1. The molecule has 1 aromatic carbocycles. The van der Waals surface area contributed by atoms with E-state index in [-0.39, 0.29) is 0 Å². The molecule has 1 saturated heterocycles. The van der Waals surface area contributed by atoms with Crippen molar-refractivity contribution in [2.45, 2.75) is 39.7 Å². The quantitative estimate of drug-likeness (QED) is 0.799. The smallest absolute Gasteiger partial charge is 0.119 e. The number of hydrogen-bond acceptors (Lipinski definition) is 4. The summed E-state index contributed by atoms with van der Waals surface area (Å²) in [5.41, 5.74) is 2.37. The number of nitrogens with zero attached hydrogens (tertiary/aromatic N) is 1. The first kappa shape index (κ1) is 18.2. The molecule has 0 bridgehead atoms. The summed E-state index contributed by atoms with van der Waals surface area (Å²) in [5, 5.41) is 10.2. The first-order valence-corrected chi connectivity index (χ1v) is 8.76. The molecular formula is C19H31NO3. The fourth-order valence-corrected chi connectivity index (χ4v) is 3.18. The van der Waals surface area contributed by atoms with Gasteiger partial charge in [0.25, 0.3) is 0 Å². The molecule has 1 unspecified atom stereocenters. The van der Waals surface area contributed by atoms with Crippen LogP contribution in [0.1, 0.15) is 30.9 Å². The van der Waals surface area contributed by atoms with Crippen LogP contribution >= 0.6 is 0 Å². The predicted molar refractivity (Wildman–Crippen MR) is 93.1 cm³/mol. The zero-order chi connectivity index (χ0) is 16.7. The van der Waals surface area contributed by atoms with E-state index >= 15 is 0 Å². The highest BCUT2D eigenvalue weighted by Crippen LogP contribution is 2.19. The second-order valence-electron chi connectivity index (χ2n) is 6.69. The Balaban J connectivity index is 1.68. The monoisotopic (exact) mass is 321 g/mol. The van der Waals surface area contributed by atoms with Gasteiger partial charge in [-0.05, 0) is 75.9 Å². The van der Waals surface area contributed by atoms with Crippen molar-refractivity contribution < 1.29 is 14.6 Å². The fourth-order valence-electron chi connectivity index (χ4n) is 3.18. The van der Waals surface area contributed by atoms with E-state index in [0.29, 0.717) is 19.1 Å². The number of aliphatic hydroxyl groups excluding tert-OH is 1. The molecule has 23 heavy (non-hydrogen) atoms. The molecule has 4 heteroatoms. The molecule has 1 N–H and O–H groups in total. The third kappa shape index (κ3) is 6.50. The summed E-state index contributed by atoms with van der Waals surface area (Å²) in [7, 11) is 0. The van der Waals surface area contributed by atoms with Crippen molar-refractivity contribution in [3.8, 4) is 5.75 Å². The molecule has 1 aliphatic rings. The van der Waals surface area contributed by atoms with Crippen LogP contribution in [0.4, 0.5) is 0 Å². The number of aryl methyl sites for hydroxylation is 2.